The van der Waals surface area contributed by atoms with E-state index in [9.17, 15) is 9.59 Å². The number of aryl methyl sites for hydroxylation is 2. The number of hydrogen-bond donors (Lipinski definition) is 1. The minimum absolute atomic E-state index is 0.0362. The van der Waals surface area contributed by atoms with Crippen molar-refractivity contribution in [3.05, 3.63) is 22.2 Å². The van der Waals surface area contributed by atoms with Crippen LogP contribution in [0.4, 0.5) is 5.69 Å². The van der Waals surface area contributed by atoms with E-state index in [0.29, 0.717) is 17.1 Å². The van der Waals surface area contributed by atoms with Crippen LogP contribution >= 0.6 is 11.3 Å². The molecule has 1 unspecified atom stereocenters. The van der Waals surface area contributed by atoms with E-state index in [1.165, 1.54) is 11.3 Å². The lowest BCUT2D eigenvalue weighted by molar-refractivity contribution is -0.119. The molecule has 1 atom stereocenters. The van der Waals surface area contributed by atoms with Gasteiger partial charge in [-0.2, -0.15) is 0 Å². The molecule has 2 aliphatic rings. The second-order valence-corrected chi connectivity index (χ2v) is 6.71. The summed E-state index contributed by atoms with van der Waals surface area (Å²) in [6.45, 7) is 4.59. The van der Waals surface area contributed by atoms with Crippen molar-refractivity contribution in [2.24, 2.45) is 0 Å². The number of hydrogen-bond acceptors (Lipinski definition) is 4. The summed E-state index contributed by atoms with van der Waals surface area (Å²) in [4.78, 5) is 32.8. The van der Waals surface area contributed by atoms with Crippen LogP contribution in [0.2, 0.25) is 0 Å². The van der Waals surface area contributed by atoms with Crippen LogP contribution in [0.5, 0.6) is 0 Å². The van der Waals surface area contributed by atoms with E-state index in [2.05, 4.69) is 10.3 Å². The average Bonchev–Trinajstić information content (AvgIpc) is 3.00. The SMILES string of the molecule is Cc1cc(C)c2c3c(sc2n1)C(=O)N1CCCC1C(=O)N3. The smallest absolute Gasteiger partial charge is 0.266 e. The van der Waals surface area contributed by atoms with Gasteiger partial charge in [0, 0.05) is 17.6 Å². The lowest BCUT2D eigenvalue weighted by Crippen LogP contribution is -2.40. The molecule has 21 heavy (non-hydrogen) atoms. The maximum atomic E-state index is 12.7. The number of nitrogens with zero attached hydrogens (tertiary/aromatic N) is 2. The van der Waals surface area contributed by atoms with Crippen LogP contribution in [0.3, 0.4) is 0 Å². The number of pyridine rings is 1. The number of fused-ring (bicyclic) bond motifs is 4. The second-order valence-electron chi connectivity index (χ2n) is 5.71. The van der Waals surface area contributed by atoms with E-state index in [-0.39, 0.29) is 17.9 Å². The first-order valence-electron chi connectivity index (χ1n) is 7.09. The Balaban J connectivity index is 1.99. The van der Waals surface area contributed by atoms with Gasteiger partial charge in [-0.3, -0.25) is 9.59 Å². The summed E-state index contributed by atoms with van der Waals surface area (Å²) in [6.07, 6.45) is 1.64. The molecule has 0 bridgehead atoms. The van der Waals surface area contributed by atoms with E-state index in [0.717, 1.165) is 34.3 Å². The summed E-state index contributed by atoms with van der Waals surface area (Å²) < 4.78 is 0. The number of nitrogens with one attached hydrogen (secondary N) is 1. The van der Waals surface area contributed by atoms with Gasteiger partial charge in [0.15, 0.2) is 0 Å². The topological polar surface area (TPSA) is 62.3 Å². The molecular weight excluding hydrogens is 286 g/mol. The van der Waals surface area contributed by atoms with E-state index < -0.39 is 0 Å². The molecule has 5 nitrogen and oxygen atoms in total. The lowest BCUT2D eigenvalue weighted by atomic mass is 10.1. The van der Waals surface area contributed by atoms with Gasteiger partial charge < -0.3 is 10.2 Å². The van der Waals surface area contributed by atoms with E-state index >= 15 is 0 Å². The summed E-state index contributed by atoms with van der Waals surface area (Å²) in [7, 11) is 0. The molecule has 1 N–H and O–H groups in total. The zero-order valence-electron chi connectivity index (χ0n) is 11.9. The number of rotatable bonds is 0. The maximum absolute atomic E-state index is 12.7. The van der Waals surface area contributed by atoms with Gasteiger partial charge in [0.05, 0.1) is 5.69 Å². The minimum atomic E-state index is -0.314. The average molecular weight is 301 g/mol. The van der Waals surface area contributed by atoms with Crippen molar-refractivity contribution in [3.63, 3.8) is 0 Å². The molecule has 6 heteroatoms. The van der Waals surface area contributed by atoms with E-state index in [1.807, 2.05) is 19.9 Å². The molecule has 1 saturated heterocycles. The Kier molecular flexibility index (Phi) is 2.60. The number of carbonyl (C=O) groups is 2. The number of aromatic nitrogens is 1. The Bertz CT molecular complexity index is 796. The lowest BCUT2D eigenvalue weighted by Gasteiger charge is -2.19. The van der Waals surface area contributed by atoms with E-state index in [4.69, 9.17) is 0 Å². The number of anilines is 1. The van der Waals surface area contributed by atoms with Gasteiger partial charge in [0.2, 0.25) is 5.91 Å². The first kappa shape index (κ1) is 12.8. The normalized spacial score (nSPS) is 21.2. The fourth-order valence-corrected chi connectivity index (χ4v) is 4.54. The van der Waals surface area contributed by atoms with Crippen LogP contribution in [0.25, 0.3) is 10.2 Å². The summed E-state index contributed by atoms with van der Waals surface area (Å²) >= 11 is 1.38. The van der Waals surface area contributed by atoms with Gasteiger partial charge in [-0.15, -0.1) is 11.3 Å². The monoisotopic (exact) mass is 301 g/mol. The third-order valence-electron chi connectivity index (χ3n) is 4.25. The van der Waals surface area contributed by atoms with Crippen LogP contribution in [0.15, 0.2) is 6.07 Å². The molecule has 0 radical (unpaired) electrons. The molecule has 4 heterocycles. The van der Waals surface area contributed by atoms with Crippen LogP contribution in [0, 0.1) is 13.8 Å². The molecule has 2 aromatic rings. The second kappa shape index (κ2) is 4.27. The number of thiophene rings is 1. The summed E-state index contributed by atoms with van der Waals surface area (Å²) in [5.74, 6) is -0.106. The summed E-state index contributed by atoms with van der Waals surface area (Å²) in [5, 5.41) is 3.88. The molecule has 108 valence electrons. The minimum Gasteiger partial charge on any atom is -0.326 e. The van der Waals surface area contributed by atoms with Crippen molar-refractivity contribution in [2.45, 2.75) is 32.7 Å². The molecule has 0 saturated carbocycles. The van der Waals surface area contributed by atoms with Crippen LogP contribution in [-0.2, 0) is 4.79 Å². The van der Waals surface area contributed by atoms with Gasteiger partial charge in [-0.05, 0) is 38.3 Å². The van der Waals surface area contributed by atoms with Crippen LogP contribution < -0.4 is 5.32 Å². The van der Waals surface area contributed by atoms with E-state index in [1.54, 1.807) is 4.90 Å². The highest BCUT2D eigenvalue weighted by atomic mass is 32.1. The zero-order valence-corrected chi connectivity index (χ0v) is 12.7. The fourth-order valence-electron chi connectivity index (χ4n) is 3.33. The van der Waals surface area contributed by atoms with Gasteiger partial charge in [0.25, 0.3) is 5.91 Å². The largest absolute Gasteiger partial charge is 0.326 e. The van der Waals surface area contributed by atoms with Crippen LogP contribution in [-0.4, -0.2) is 34.3 Å². The van der Waals surface area contributed by atoms with Crippen molar-refractivity contribution in [3.8, 4) is 0 Å². The number of carbonyl (C=O) groups excluding carboxylic acids is 2. The molecule has 0 spiro atoms. The molecule has 0 aliphatic carbocycles. The van der Waals surface area contributed by atoms with Crippen LogP contribution in [0.1, 0.15) is 33.8 Å². The Hall–Kier alpha value is -1.95. The highest BCUT2D eigenvalue weighted by Crippen LogP contribution is 2.40. The fraction of sp³-hybridized carbons (Fsp3) is 0.400. The maximum Gasteiger partial charge on any atom is 0.266 e. The third-order valence-corrected chi connectivity index (χ3v) is 5.32. The highest BCUT2D eigenvalue weighted by Gasteiger charge is 2.40. The first-order chi connectivity index (χ1) is 10.1. The van der Waals surface area contributed by atoms with Crippen molar-refractivity contribution in [2.75, 3.05) is 11.9 Å². The molecule has 4 rings (SSSR count). The third kappa shape index (κ3) is 1.72. The van der Waals surface area contributed by atoms with Crippen molar-refractivity contribution >= 4 is 39.1 Å². The first-order valence-corrected chi connectivity index (χ1v) is 7.90. The van der Waals surface area contributed by atoms with Crippen molar-refractivity contribution in [1.29, 1.82) is 0 Å². The predicted octanol–water partition coefficient (Wildman–Crippen LogP) is 2.47. The van der Waals surface area contributed by atoms with Gasteiger partial charge in [-0.25, -0.2) is 4.98 Å². The summed E-state index contributed by atoms with van der Waals surface area (Å²) in [5.41, 5.74) is 2.63. The molecule has 2 aliphatic heterocycles. The standard InChI is InChI=1S/C15H15N3O2S/c1-7-6-8(2)16-14-10(7)11-12(21-14)15(20)18-5-3-4-9(18)13(19)17-11/h6,9H,3-5H2,1-2H3,(H,17,19). The quantitative estimate of drug-likeness (QED) is 0.813. The molecular formula is C15H15N3O2S. The Morgan fingerprint density at radius 1 is 1.38 bits per heavy atom. The molecule has 2 aromatic heterocycles. The number of amides is 2. The molecule has 0 aromatic carbocycles. The van der Waals surface area contributed by atoms with Crippen molar-refractivity contribution < 1.29 is 9.59 Å². The van der Waals surface area contributed by atoms with Crippen molar-refractivity contribution in [1.82, 2.24) is 9.88 Å². The Morgan fingerprint density at radius 2 is 2.19 bits per heavy atom. The zero-order chi connectivity index (χ0) is 14.7. The summed E-state index contributed by atoms with van der Waals surface area (Å²) in [6, 6.07) is 1.67. The molecule has 1 fully saturated rings. The predicted molar refractivity (Wildman–Crippen MR) is 81.8 cm³/mol. The van der Waals surface area contributed by atoms with Gasteiger partial charge >= 0.3 is 0 Å². The highest BCUT2D eigenvalue weighted by molar-refractivity contribution is 7.21. The van der Waals surface area contributed by atoms with Gasteiger partial charge in [-0.1, -0.05) is 0 Å². The molecule has 2 amide bonds. The van der Waals surface area contributed by atoms with Gasteiger partial charge in [0.1, 0.15) is 15.7 Å². The Morgan fingerprint density at radius 3 is 3.00 bits per heavy atom. The Labute approximate surface area is 126 Å².